The number of likely N-dealkylation sites (N-methyl/N-ethyl adjacent to an activating group) is 1. The van der Waals surface area contributed by atoms with Crippen LogP contribution in [-0.2, 0) is 14.1 Å². The standard InChI is InChI=1S/C27H31N5O4/c1-16-8-7-9-17(2)23(16)36-24-18(10-12-31(5)27(24)35)20-15-32(6)26(34)22-19(20)14-21(29-22)25(33)28-11-13-30(3)4/h7-10,12,14-15,29H,11,13H2,1-6H3,(H,28,33). The molecule has 0 atom stereocenters. The number of carbonyl (C=O) groups excluding carboxylic acids is 1. The van der Waals surface area contributed by atoms with Gasteiger partial charge in [0.2, 0.25) is 0 Å². The van der Waals surface area contributed by atoms with Gasteiger partial charge in [0, 0.05) is 56.1 Å². The molecular weight excluding hydrogens is 458 g/mol. The molecule has 0 unspecified atom stereocenters. The third-order valence-corrected chi connectivity index (χ3v) is 6.18. The molecule has 0 aliphatic carbocycles. The molecule has 0 bridgehead atoms. The first-order valence-electron chi connectivity index (χ1n) is 11.7. The van der Waals surface area contributed by atoms with Crippen LogP contribution in [-0.4, -0.2) is 52.1 Å². The van der Waals surface area contributed by atoms with Crippen LogP contribution in [0.15, 0.2) is 52.3 Å². The summed E-state index contributed by atoms with van der Waals surface area (Å²) in [5.41, 5.74) is 2.90. The molecule has 4 aromatic rings. The number of rotatable bonds is 7. The minimum atomic E-state index is -0.311. The Morgan fingerprint density at radius 2 is 1.69 bits per heavy atom. The summed E-state index contributed by atoms with van der Waals surface area (Å²) in [4.78, 5) is 43.9. The first-order valence-corrected chi connectivity index (χ1v) is 11.7. The average Bonchev–Trinajstić information content (AvgIpc) is 3.27. The number of aryl methyl sites for hydroxylation is 4. The van der Waals surface area contributed by atoms with E-state index in [1.165, 1.54) is 9.13 Å². The number of nitrogens with zero attached hydrogens (tertiary/aromatic N) is 3. The van der Waals surface area contributed by atoms with E-state index >= 15 is 0 Å². The molecule has 1 aromatic carbocycles. The molecule has 0 spiro atoms. The quantitative estimate of drug-likeness (QED) is 0.416. The number of fused-ring (bicyclic) bond motifs is 1. The second kappa shape index (κ2) is 9.87. The Bertz CT molecular complexity index is 1560. The fourth-order valence-corrected chi connectivity index (χ4v) is 4.14. The summed E-state index contributed by atoms with van der Waals surface area (Å²) in [6.07, 6.45) is 3.33. The van der Waals surface area contributed by atoms with Crippen LogP contribution in [0.4, 0.5) is 0 Å². The second-order valence-corrected chi connectivity index (χ2v) is 9.29. The maximum atomic E-state index is 13.3. The Hall–Kier alpha value is -4.11. The summed E-state index contributed by atoms with van der Waals surface area (Å²) >= 11 is 0. The van der Waals surface area contributed by atoms with Crippen LogP contribution in [0.25, 0.3) is 22.0 Å². The predicted molar refractivity (Wildman–Crippen MR) is 141 cm³/mol. The van der Waals surface area contributed by atoms with Crippen LogP contribution in [0.2, 0.25) is 0 Å². The minimum absolute atomic E-state index is 0.149. The van der Waals surface area contributed by atoms with Crippen molar-refractivity contribution in [2.45, 2.75) is 13.8 Å². The molecule has 0 aliphatic rings. The van der Waals surface area contributed by atoms with Crippen molar-refractivity contribution in [1.29, 1.82) is 0 Å². The number of aromatic nitrogens is 3. The third kappa shape index (κ3) is 4.70. The largest absolute Gasteiger partial charge is 0.450 e. The molecule has 9 heteroatoms. The number of ether oxygens (including phenoxy) is 1. The van der Waals surface area contributed by atoms with E-state index in [0.29, 0.717) is 35.4 Å². The number of para-hydroxylation sites is 1. The first kappa shape index (κ1) is 25.0. The molecule has 9 nitrogen and oxygen atoms in total. The Labute approximate surface area is 208 Å². The van der Waals surface area contributed by atoms with E-state index < -0.39 is 0 Å². The van der Waals surface area contributed by atoms with E-state index in [0.717, 1.165) is 11.1 Å². The van der Waals surface area contributed by atoms with Crippen LogP contribution in [0.3, 0.4) is 0 Å². The lowest BCUT2D eigenvalue weighted by atomic mass is 10.0. The third-order valence-electron chi connectivity index (χ3n) is 6.18. The van der Waals surface area contributed by atoms with Crippen LogP contribution in [0.1, 0.15) is 21.6 Å². The molecule has 3 aromatic heterocycles. The first-order chi connectivity index (χ1) is 17.1. The van der Waals surface area contributed by atoms with Crippen molar-refractivity contribution >= 4 is 16.8 Å². The van der Waals surface area contributed by atoms with Crippen LogP contribution in [0.5, 0.6) is 11.5 Å². The predicted octanol–water partition coefficient (Wildman–Crippen LogP) is 2.93. The SMILES string of the molecule is Cc1cccc(C)c1Oc1c(-c2cn(C)c(=O)c3[nH]c(C(=O)NCCN(C)C)cc23)ccn(C)c1=O. The minimum Gasteiger partial charge on any atom is -0.450 e. The van der Waals surface area contributed by atoms with Gasteiger partial charge in [-0.15, -0.1) is 0 Å². The van der Waals surface area contributed by atoms with Gasteiger partial charge < -0.3 is 29.1 Å². The highest BCUT2D eigenvalue weighted by molar-refractivity contribution is 6.03. The molecule has 0 saturated heterocycles. The summed E-state index contributed by atoms with van der Waals surface area (Å²) in [6, 6.07) is 9.22. The van der Waals surface area contributed by atoms with Crippen molar-refractivity contribution in [3.8, 4) is 22.6 Å². The summed E-state index contributed by atoms with van der Waals surface area (Å²) < 4.78 is 9.15. The smallest absolute Gasteiger partial charge is 0.293 e. The van der Waals surface area contributed by atoms with E-state index in [4.69, 9.17) is 4.74 Å². The van der Waals surface area contributed by atoms with E-state index in [2.05, 4.69) is 10.3 Å². The normalized spacial score (nSPS) is 11.3. The van der Waals surface area contributed by atoms with E-state index in [1.54, 1.807) is 38.6 Å². The monoisotopic (exact) mass is 489 g/mol. The lowest BCUT2D eigenvalue weighted by Gasteiger charge is -2.16. The zero-order valence-electron chi connectivity index (χ0n) is 21.4. The van der Waals surface area contributed by atoms with Crippen LogP contribution >= 0.6 is 0 Å². The van der Waals surface area contributed by atoms with Gasteiger partial charge in [-0.2, -0.15) is 0 Å². The number of hydrogen-bond acceptors (Lipinski definition) is 5. The highest BCUT2D eigenvalue weighted by Crippen LogP contribution is 2.36. The van der Waals surface area contributed by atoms with Gasteiger partial charge in [-0.3, -0.25) is 14.4 Å². The molecule has 36 heavy (non-hydrogen) atoms. The van der Waals surface area contributed by atoms with Gasteiger partial charge in [0.15, 0.2) is 5.75 Å². The molecule has 0 fully saturated rings. The maximum absolute atomic E-state index is 13.3. The Kier molecular flexibility index (Phi) is 6.85. The van der Waals surface area contributed by atoms with Crippen molar-refractivity contribution in [1.82, 2.24) is 24.3 Å². The number of H-pyrrole nitrogens is 1. The number of carbonyl (C=O) groups is 1. The molecule has 1 amide bonds. The van der Waals surface area contributed by atoms with E-state index in [1.807, 2.05) is 51.0 Å². The highest BCUT2D eigenvalue weighted by Gasteiger charge is 2.21. The topological polar surface area (TPSA) is 101 Å². The molecule has 4 rings (SSSR count). The highest BCUT2D eigenvalue weighted by atomic mass is 16.5. The number of amides is 1. The summed E-state index contributed by atoms with van der Waals surface area (Å²) in [5.74, 6) is 0.450. The Balaban J connectivity index is 1.88. The molecule has 0 saturated carbocycles. The van der Waals surface area contributed by atoms with Gasteiger partial charge >= 0.3 is 0 Å². The van der Waals surface area contributed by atoms with E-state index in [-0.39, 0.29) is 34.0 Å². The van der Waals surface area contributed by atoms with Crippen LogP contribution < -0.4 is 21.2 Å². The molecule has 188 valence electrons. The van der Waals surface area contributed by atoms with Gasteiger partial charge in [0.25, 0.3) is 17.0 Å². The number of pyridine rings is 2. The zero-order valence-corrected chi connectivity index (χ0v) is 21.4. The summed E-state index contributed by atoms with van der Waals surface area (Å²) in [5, 5.41) is 3.40. The van der Waals surface area contributed by atoms with Gasteiger partial charge in [0.05, 0.1) is 0 Å². The molecule has 2 N–H and O–H groups in total. The lowest BCUT2D eigenvalue weighted by molar-refractivity contribution is 0.0947. The van der Waals surface area contributed by atoms with Gasteiger partial charge in [-0.25, -0.2) is 0 Å². The number of nitrogens with one attached hydrogen (secondary N) is 2. The number of aromatic amines is 1. The van der Waals surface area contributed by atoms with Gasteiger partial charge in [-0.1, -0.05) is 18.2 Å². The fourth-order valence-electron chi connectivity index (χ4n) is 4.14. The maximum Gasteiger partial charge on any atom is 0.293 e. The Morgan fingerprint density at radius 3 is 2.36 bits per heavy atom. The molecular formula is C27H31N5O4. The van der Waals surface area contributed by atoms with Crippen molar-refractivity contribution < 1.29 is 9.53 Å². The molecule has 0 radical (unpaired) electrons. The summed E-state index contributed by atoms with van der Waals surface area (Å²) in [6.45, 7) is 5.00. The Morgan fingerprint density at radius 1 is 1.00 bits per heavy atom. The van der Waals surface area contributed by atoms with Crippen molar-refractivity contribution in [3.63, 3.8) is 0 Å². The summed E-state index contributed by atoms with van der Waals surface area (Å²) in [7, 11) is 7.14. The fraction of sp³-hybridized carbons (Fsp3) is 0.296. The van der Waals surface area contributed by atoms with Crippen molar-refractivity contribution in [2.24, 2.45) is 14.1 Å². The van der Waals surface area contributed by atoms with Gasteiger partial charge in [0.1, 0.15) is 17.0 Å². The zero-order chi connectivity index (χ0) is 26.1. The molecule has 0 aliphatic heterocycles. The van der Waals surface area contributed by atoms with E-state index in [9.17, 15) is 14.4 Å². The molecule has 3 heterocycles. The number of benzene rings is 1. The van der Waals surface area contributed by atoms with Gasteiger partial charge in [-0.05, 0) is 51.2 Å². The lowest BCUT2D eigenvalue weighted by Crippen LogP contribution is -2.31. The number of hydrogen-bond donors (Lipinski definition) is 2. The van der Waals surface area contributed by atoms with Crippen LogP contribution in [0, 0.1) is 13.8 Å². The van der Waals surface area contributed by atoms with Crippen molar-refractivity contribution in [2.75, 3.05) is 27.2 Å². The van der Waals surface area contributed by atoms with Crippen molar-refractivity contribution in [3.05, 3.63) is 80.3 Å². The average molecular weight is 490 g/mol. The second-order valence-electron chi connectivity index (χ2n) is 9.29.